The number of benzene rings is 2. The van der Waals surface area contributed by atoms with Crippen LogP contribution < -0.4 is 0 Å². The number of imidazole rings is 1. The Balaban J connectivity index is 1.55. The van der Waals surface area contributed by atoms with E-state index in [0.717, 1.165) is 30.7 Å². The Hall–Kier alpha value is -3.56. The van der Waals surface area contributed by atoms with Gasteiger partial charge in [-0.3, -0.25) is 14.0 Å². The Labute approximate surface area is 218 Å². The lowest BCUT2D eigenvalue weighted by Gasteiger charge is -2.28. The lowest BCUT2D eigenvalue weighted by molar-refractivity contribution is -0.129. The zero-order valence-corrected chi connectivity index (χ0v) is 21.9. The summed E-state index contributed by atoms with van der Waals surface area (Å²) in [4.78, 5) is 36.7. The molecule has 0 saturated heterocycles. The summed E-state index contributed by atoms with van der Waals surface area (Å²) >= 11 is 1.22. The van der Waals surface area contributed by atoms with E-state index < -0.39 is 29.3 Å². The molecule has 1 amide bonds. The number of nitrogens with zero attached hydrogens (tertiary/aromatic N) is 4. The third kappa shape index (κ3) is 4.32. The number of para-hydroxylation sites is 2. The van der Waals surface area contributed by atoms with Crippen molar-refractivity contribution in [1.82, 2.24) is 19.2 Å². The van der Waals surface area contributed by atoms with Gasteiger partial charge in [0.15, 0.2) is 10.7 Å². The van der Waals surface area contributed by atoms with Gasteiger partial charge in [-0.15, -0.1) is 0 Å². The monoisotopic (exact) mass is 520 g/mol. The average Bonchev–Trinajstić information content (AvgIpc) is 3.50. The van der Waals surface area contributed by atoms with Crippen LogP contribution in [0.1, 0.15) is 47.2 Å². The SMILES string of the molecule is CCN(CC)CCCN1C(=O)C(O)=C(C(=O)c2sc3nc4ccccc4n3c2C)C1c1cccc(F)c1. The average molecular weight is 521 g/mol. The van der Waals surface area contributed by atoms with E-state index >= 15 is 0 Å². The lowest BCUT2D eigenvalue weighted by Crippen LogP contribution is -2.34. The molecule has 0 aliphatic carbocycles. The van der Waals surface area contributed by atoms with Crippen molar-refractivity contribution in [2.75, 3.05) is 26.2 Å². The number of fused-ring (bicyclic) bond motifs is 3. The van der Waals surface area contributed by atoms with E-state index in [1.807, 2.05) is 35.6 Å². The van der Waals surface area contributed by atoms with Crippen molar-refractivity contribution in [1.29, 1.82) is 0 Å². The van der Waals surface area contributed by atoms with Crippen LogP contribution in [0.3, 0.4) is 0 Å². The van der Waals surface area contributed by atoms with Gasteiger partial charge in [0.05, 0.1) is 27.5 Å². The Morgan fingerprint density at radius 1 is 1.16 bits per heavy atom. The molecule has 0 radical (unpaired) electrons. The van der Waals surface area contributed by atoms with Gasteiger partial charge in [0, 0.05) is 12.2 Å². The van der Waals surface area contributed by atoms with Crippen LogP contribution >= 0.6 is 11.3 Å². The van der Waals surface area contributed by atoms with Crippen molar-refractivity contribution in [3.05, 3.63) is 81.8 Å². The molecule has 1 N–H and O–H groups in total. The molecule has 0 fully saturated rings. The second-order valence-electron chi connectivity index (χ2n) is 9.16. The van der Waals surface area contributed by atoms with E-state index in [0.29, 0.717) is 34.1 Å². The van der Waals surface area contributed by atoms with E-state index in [1.54, 1.807) is 12.1 Å². The first-order valence-electron chi connectivity index (χ1n) is 12.5. The predicted molar refractivity (Wildman–Crippen MR) is 143 cm³/mol. The van der Waals surface area contributed by atoms with Crippen molar-refractivity contribution >= 4 is 39.0 Å². The van der Waals surface area contributed by atoms with Crippen LogP contribution in [0, 0.1) is 12.7 Å². The lowest BCUT2D eigenvalue weighted by atomic mass is 9.95. The molecule has 5 rings (SSSR count). The van der Waals surface area contributed by atoms with Crippen LogP contribution in [0.5, 0.6) is 0 Å². The van der Waals surface area contributed by atoms with Gasteiger partial charge in [-0.2, -0.15) is 0 Å². The third-order valence-electron chi connectivity index (χ3n) is 7.07. The van der Waals surface area contributed by atoms with E-state index in [-0.39, 0.29) is 5.57 Å². The van der Waals surface area contributed by atoms with Crippen molar-refractivity contribution in [2.45, 2.75) is 33.2 Å². The summed E-state index contributed by atoms with van der Waals surface area (Å²) in [5.41, 5.74) is 2.82. The minimum absolute atomic E-state index is 0.0182. The molecule has 3 heterocycles. The third-order valence-corrected chi connectivity index (χ3v) is 8.22. The standard InChI is InChI=1S/C28H29FN4O3S/c1-4-31(5-2)14-9-15-32-23(18-10-8-11-19(29)16-18)22(25(35)27(32)36)24(34)26-17(3)33-21-13-7-6-12-20(21)30-28(33)37-26/h6-8,10-13,16,23,35H,4-5,9,14-15H2,1-3H3. The highest BCUT2D eigenvalue weighted by Gasteiger charge is 2.44. The summed E-state index contributed by atoms with van der Waals surface area (Å²) in [5.74, 6) is -2.09. The minimum Gasteiger partial charge on any atom is -0.503 e. The largest absolute Gasteiger partial charge is 0.503 e. The zero-order valence-electron chi connectivity index (χ0n) is 21.1. The van der Waals surface area contributed by atoms with E-state index in [4.69, 9.17) is 0 Å². The van der Waals surface area contributed by atoms with E-state index in [1.165, 1.54) is 28.4 Å². The fourth-order valence-corrected chi connectivity index (χ4v) is 6.23. The maximum absolute atomic E-state index is 14.3. The molecule has 2 aromatic carbocycles. The van der Waals surface area contributed by atoms with Crippen molar-refractivity contribution < 1.29 is 19.1 Å². The smallest absolute Gasteiger partial charge is 0.290 e. The minimum atomic E-state index is -0.877. The summed E-state index contributed by atoms with van der Waals surface area (Å²) in [5, 5.41) is 11.0. The normalized spacial score (nSPS) is 16.2. The maximum Gasteiger partial charge on any atom is 0.290 e. The number of aliphatic hydroxyl groups excluding tert-OH is 1. The maximum atomic E-state index is 14.3. The molecule has 2 aromatic heterocycles. The first-order valence-corrected chi connectivity index (χ1v) is 13.3. The van der Waals surface area contributed by atoms with Crippen LogP contribution in [-0.4, -0.2) is 62.2 Å². The molecule has 0 spiro atoms. The van der Waals surface area contributed by atoms with Crippen LogP contribution in [0.15, 0.2) is 59.9 Å². The zero-order chi connectivity index (χ0) is 26.3. The number of ketones is 1. The molecule has 192 valence electrons. The number of carbonyl (C=O) groups is 2. The number of carbonyl (C=O) groups excluding carboxylic acids is 2. The Morgan fingerprint density at radius 3 is 2.65 bits per heavy atom. The molecule has 1 atom stereocenters. The number of Topliss-reactive ketones (excluding diaryl/α,β-unsaturated/α-hetero) is 1. The van der Waals surface area contributed by atoms with Gasteiger partial charge < -0.3 is 14.9 Å². The van der Waals surface area contributed by atoms with Crippen LogP contribution in [0.25, 0.3) is 16.0 Å². The number of hydrogen-bond acceptors (Lipinski definition) is 6. The molecule has 9 heteroatoms. The highest BCUT2D eigenvalue weighted by atomic mass is 32.1. The molecule has 7 nitrogen and oxygen atoms in total. The number of amides is 1. The van der Waals surface area contributed by atoms with Gasteiger partial charge in [0.1, 0.15) is 5.82 Å². The topological polar surface area (TPSA) is 78.2 Å². The molecule has 0 saturated carbocycles. The summed E-state index contributed by atoms with van der Waals surface area (Å²) in [7, 11) is 0. The van der Waals surface area contributed by atoms with E-state index in [2.05, 4.69) is 23.7 Å². The summed E-state index contributed by atoms with van der Waals surface area (Å²) < 4.78 is 16.2. The van der Waals surface area contributed by atoms with Crippen LogP contribution in [-0.2, 0) is 4.79 Å². The molecule has 1 aliphatic rings. The molecular formula is C28H29FN4O3S. The number of hydrogen-bond donors (Lipinski definition) is 1. The molecular weight excluding hydrogens is 491 g/mol. The second kappa shape index (κ2) is 10.1. The number of thiazole rings is 1. The predicted octanol–water partition coefficient (Wildman–Crippen LogP) is 5.31. The molecule has 1 aliphatic heterocycles. The van der Waals surface area contributed by atoms with Crippen molar-refractivity contribution in [3.8, 4) is 0 Å². The summed E-state index contributed by atoms with van der Waals surface area (Å²) in [6, 6.07) is 12.7. The quantitative estimate of drug-likeness (QED) is 0.303. The number of aliphatic hydroxyl groups is 1. The second-order valence-corrected chi connectivity index (χ2v) is 10.1. The van der Waals surface area contributed by atoms with Crippen LogP contribution in [0.4, 0.5) is 4.39 Å². The van der Waals surface area contributed by atoms with Gasteiger partial charge in [-0.05, 0) is 62.8 Å². The Bertz CT molecular complexity index is 1540. The first-order chi connectivity index (χ1) is 17.8. The van der Waals surface area contributed by atoms with Crippen molar-refractivity contribution in [3.63, 3.8) is 0 Å². The van der Waals surface area contributed by atoms with E-state index in [9.17, 15) is 19.1 Å². The van der Waals surface area contributed by atoms with Gasteiger partial charge in [-0.1, -0.05) is 49.4 Å². The molecule has 0 bridgehead atoms. The number of rotatable bonds is 9. The molecule has 1 unspecified atom stereocenters. The van der Waals surface area contributed by atoms with Crippen LogP contribution in [0.2, 0.25) is 0 Å². The van der Waals surface area contributed by atoms with Gasteiger partial charge in [0.2, 0.25) is 5.78 Å². The number of aryl methyl sites for hydroxylation is 1. The molecule has 4 aromatic rings. The fraction of sp³-hybridized carbons (Fsp3) is 0.321. The summed E-state index contributed by atoms with van der Waals surface area (Å²) in [6.07, 6.45) is 0.659. The number of halogens is 1. The first kappa shape index (κ1) is 25.1. The number of aromatic nitrogens is 2. The highest BCUT2D eigenvalue weighted by Crippen LogP contribution is 2.41. The van der Waals surface area contributed by atoms with Crippen molar-refractivity contribution in [2.24, 2.45) is 0 Å². The fourth-order valence-electron chi connectivity index (χ4n) is 5.14. The Morgan fingerprint density at radius 2 is 1.92 bits per heavy atom. The molecule has 37 heavy (non-hydrogen) atoms. The van der Waals surface area contributed by atoms with Gasteiger partial charge >= 0.3 is 0 Å². The Kier molecular flexibility index (Phi) is 6.83. The highest BCUT2D eigenvalue weighted by molar-refractivity contribution is 7.19. The summed E-state index contributed by atoms with van der Waals surface area (Å²) in [6.45, 7) is 8.86. The van der Waals surface area contributed by atoms with Gasteiger partial charge in [-0.25, -0.2) is 9.37 Å². The van der Waals surface area contributed by atoms with Gasteiger partial charge in [0.25, 0.3) is 5.91 Å².